The summed E-state index contributed by atoms with van der Waals surface area (Å²) in [5, 5.41) is 2.92. The standard InChI is InChI=1S/C17H22BrNO3S/c1-14(22-11-15-5-3-2-4-6-15)7-8-20-9-10-21-12-17-19-16(18)13-23-17/h2-6,13-14H,7-12H2,1H3. The van der Waals surface area contributed by atoms with Gasteiger partial charge in [-0.2, -0.15) is 0 Å². The number of thiazole rings is 1. The molecule has 0 aliphatic heterocycles. The van der Waals surface area contributed by atoms with Gasteiger partial charge in [-0.25, -0.2) is 4.98 Å². The average Bonchev–Trinajstić information content (AvgIpc) is 2.98. The van der Waals surface area contributed by atoms with Crippen LogP contribution in [0.2, 0.25) is 0 Å². The Balaban J connectivity index is 1.44. The number of hydrogen-bond acceptors (Lipinski definition) is 5. The lowest BCUT2D eigenvalue weighted by atomic mass is 10.2. The Labute approximate surface area is 149 Å². The Morgan fingerprint density at radius 1 is 1.09 bits per heavy atom. The van der Waals surface area contributed by atoms with E-state index in [1.807, 2.05) is 23.6 Å². The second-order valence-electron chi connectivity index (χ2n) is 5.12. The normalized spacial score (nSPS) is 12.4. The minimum atomic E-state index is 0.184. The molecule has 1 unspecified atom stereocenters. The predicted octanol–water partition coefficient (Wildman–Crippen LogP) is 4.43. The molecule has 1 aromatic heterocycles. The van der Waals surface area contributed by atoms with Crippen LogP contribution in [0, 0.1) is 0 Å². The van der Waals surface area contributed by atoms with Gasteiger partial charge in [-0.3, -0.25) is 0 Å². The summed E-state index contributed by atoms with van der Waals surface area (Å²) in [6.07, 6.45) is 1.07. The van der Waals surface area contributed by atoms with Gasteiger partial charge in [0.15, 0.2) is 0 Å². The van der Waals surface area contributed by atoms with Crippen LogP contribution in [0.4, 0.5) is 0 Å². The van der Waals surface area contributed by atoms with Crippen LogP contribution < -0.4 is 0 Å². The van der Waals surface area contributed by atoms with E-state index in [2.05, 4.69) is 40.0 Å². The van der Waals surface area contributed by atoms with Crippen LogP contribution in [0.25, 0.3) is 0 Å². The van der Waals surface area contributed by atoms with Gasteiger partial charge in [0.1, 0.15) is 9.61 Å². The summed E-state index contributed by atoms with van der Waals surface area (Å²) in [4.78, 5) is 4.27. The quantitative estimate of drug-likeness (QED) is 0.523. The average molecular weight is 400 g/mol. The zero-order chi connectivity index (χ0) is 16.3. The SMILES string of the molecule is CC(CCOCCOCc1nc(Br)cs1)OCc1ccccc1. The van der Waals surface area contributed by atoms with Gasteiger partial charge in [0, 0.05) is 12.0 Å². The molecular weight excluding hydrogens is 378 g/mol. The molecule has 4 nitrogen and oxygen atoms in total. The van der Waals surface area contributed by atoms with E-state index in [-0.39, 0.29) is 6.10 Å². The van der Waals surface area contributed by atoms with Gasteiger partial charge in [0.2, 0.25) is 0 Å². The topological polar surface area (TPSA) is 40.6 Å². The molecule has 0 spiro atoms. The van der Waals surface area contributed by atoms with Gasteiger partial charge in [-0.1, -0.05) is 30.3 Å². The van der Waals surface area contributed by atoms with Gasteiger partial charge in [-0.05, 0) is 34.8 Å². The molecule has 0 aliphatic carbocycles. The van der Waals surface area contributed by atoms with Crippen molar-refractivity contribution in [1.82, 2.24) is 4.98 Å². The van der Waals surface area contributed by atoms with Crippen molar-refractivity contribution in [2.75, 3.05) is 19.8 Å². The maximum atomic E-state index is 5.79. The number of aromatic nitrogens is 1. The van der Waals surface area contributed by atoms with Gasteiger partial charge in [-0.15, -0.1) is 11.3 Å². The summed E-state index contributed by atoms with van der Waals surface area (Å²) in [5.41, 5.74) is 1.20. The minimum absolute atomic E-state index is 0.184. The summed E-state index contributed by atoms with van der Waals surface area (Å²) in [6, 6.07) is 10.2. The minimum Gasteiger partial charge on any atom is -0.379 e. The Kier molecular flexibility index (Phi) is 8.78. The molecule has 0 radical (unpaired) electrons. The largest absolute Gasteiger partial charge is 0.379 e. The number of benzene rings is 1. The summed E-state index contributed by atoms with van der Waals surface area (Å²) in [7, 11) is 0. The van der Waals surface area contributed by atoms with Crippen molar-refractivity contribution in [2.45, 2.75) is 32.7 Å². The highest BCUT2D eigenvalue weighted by atomic mass is 79.9. The molecule has 1 aromatic carbocycles. The molecule has 0 aliphatic rings. The lowest BCUT2D eigenvalue weighted by molar-refractivity contribution is 0.00441. The van der Waals surface area contributed by atoms with E-state index in [1.165, 1.54) is 5.56 Å². The molecule has 0 fully saturated rings. The molecule has 1 heterocycles. The Morgan fingerprint density at radius 2 is 1.87 bits per heavy atom. The molecule has 6 heteroatoms. The third-order valence-corrected chi connectivity index (χ3v) is 4.70. The Bertz CT molecular complexity index is 550. The highest BCUT2D eigenvalue weighted by Gasteiger charge is 2.03. The highest BCUT2D eigenvalue weighted by molar-refractivity contribution is 9.10. The van der Waals surface area contributed by atoms with Crippen LogP contribution in [0.15, 0.2) is 40.3 Å². The van der Waals surface area contributed by atoms with Crippen LogP contribution in [-0.4, -0.2) is 30.9 Å². The van der Waals surface area contributed by atoms with Crippen LogP contribution in [-0.2, 0) is 27.4 Å². The molecule has 0 saturated heterocycles. The third-order valence-electron chi connectivity index (χ3n) is 3.17. The van der Waals surface area contributed by atoms with Crippen LogP contribution >= 0.6 is 27.3 Å². The number of rotatable bonds is 11. The first-order chi connectivity index (χ1) is 11.2. The zero-order valence-electron chi connectivity index (χ0n) is 13.2. The summed E-state index contributed by atoms with van der Waals surface area (Å²) < 4.78 is 17.7. The van der Waals surface area contributed by atoms with Crippen molar-refractivity contribution in [2.24, 2.45) is 0 Å². The molecule has 126 valence electrons. The van der Waals surface area contributed by atoms with Crippen LogP contribution in [0.1, 0.15) is 23.9 Å². The van der Waals surface area contributed by atoms with E-state index < -0.39 is 0 Å². The number of nitrogens with zero attached hydrogens (tertiary/aromatic N) is 1. The zero-order valence-corrected chi connectivity index (χ0v) is 15.6. The molecule has 23 heavy (non-hydrogen) atoms. The summed E-state index contributed by atoms with van der Waals surface area (Å²) in [6.45, 7) is 5.12. The van der Waals surface area contributed by atoms with Gasteiger partial charge in [0.05, 0.1) is 32.5 Å². The number of hydrogen-bond donors (Lipinski definition) is 0. The van der Waals surface area contributed by atoms with Gasteiger partial charge < -0.3 is 14.2 Å². The second kappa shape index (κ2) is 10.9. The fraction of sp³-hybridized carbons (Fsp3) is 0.471. The maximum Gasteiger partial charge on any atom is 0.120 e. The lowest BCUT2D eigenvalue weighted by Crippen LogP contribution is -2.13. The van der Waals surface area contributed by atoms with Crippen molar-refractivity contribution in [3.05, 3.63) is 50.9 Å². The van der Waals surface area contributed by atoms with Crippen molar-refractivity contribution < 1.29 is 14.2 Å². The summed E-state index contributed by atoms with van der Waals surface area (Å²) in [5.74, 6) is 0. The molecule has 1 atom stereocenters. The van der Waals surface area contributed by atoms with E-state index in [4.69, 9.17) is 14.2 Å². The predicted molar refractivity (Wildman–Crippen MR) is 95.6 cm³/mol. The fourth-order valence-corrected chi connectivity index (χ4v) is 3.08. The Hall–Kier alpha value is -0.790. The maximum absolute atomic E-state index is 5.79. The molecule has 0 saturated carbocycles. The van der Waals surface area contributed by atoms with E-state index in [9.17, 15) is 0 Å². The van der Waals surface area contributed by atoms with E-state index in [0.29, 0.717) is 33.0 Å². The van der Waals surface area contributed by atoms with Crippen molar-refractivity contribution in [3.8, 4) is 0 Å². The number of halogens is 1. The first-order valence-electron chi connectivity index (χ1n) is 7.65. The lowest BCUT2D eigenvalue weighted by Gasteiger charge is -2.13. The molecule has 0 bridgehead atoms. The first-order valence-corrected chi connectivity index (χ1v) is 9.32. The fourth-order valence-electron chi connectivity index (χ4n) is 1.88. The molecule has 2 rings (SSSR count). The van der Waals surface area contributed by atoms with E-state index in [1.54, 1.807) is 11.3 Å². The molecule has 2 aromatic rings. The van der Waals surface area contributed by atoms with Crippen molar-refractivity contribution in [3.63, 3.8) is 0 Å². The Morgan fingerprint density at radius 3 is 2.61 bits per heavy atom. The van der Waals surface area contributed by atoms with E-state index >= 15 is 0 Å². The van der Waals surface area contributed by atoms with Crippen molar-refractivity contribution in [1.29, 1.82) is 0 Å². The van der Waals surface area contributed by atoms with Gasteiger partial charge >= 0.3 is 0 Å². The monoisotopic (exact) mass is 399 g/mol. The van der Waals surface area contributed by atoms with E-state index in [0.717, 1.165) is 16.0 Å². The smallest absolute Gasteiger partial charge is 0.120 e. The second-order valence-corrected chi connectivity index (χ2v) is 6.88. The van der Waals surface area contributed by atoms with Crippen molar-refractivity contribution >= 4 is 27.3 Å². The molecule has 0 amide bonds. The van der Waals surface area contributed by atoms with Crippen LogP contribution in [0.5, 0.6) is 0 Å². The molecular formula is C17H22BrNO3S. The first kappa shape index (κ1) is 18.5. The molecule has 0 N–H and O–H groups in total. The summed E-state index contributed by atoms with van der Waals surface area (Å²) >= 11 is 4.91. The highest BCUT2D eigenvalue weighted by Crippen LogP contribution is 2.15. The number of ether oxygens (including phenoxy) is 3. The van der Waals surface area contributed by atoms with Gasteiger partial charge in [0.25, 0.3) is 0 Å². The van der Waals surface area contributed by atoms with Crippen LogP contribution in [0.3, 0.4) is 0 Å². The third kappa shape index (κ3) is 8.04.